The molecule has 26 heavy (non-hydrogen) atoms. The number of aromatic nitrogens is 2. The third-order valence-electron chi connectivity index (χ3n) is 5.22. The molecular formula is C20H27N3O2S. The van der Waals surface area contributed by atoms with Gasteiger partial charge in [-0.3, -0.25) is 4.98 Å². The largest absolute Gasteiger partial charge is 0.612 e. The Kier molecular flexibility index (Phi) is 6.74. The Morgan fingerprint density at radius 3 is 2.58 bits per heavy atom. The summed E-state index contributed by atoms with van der Waals surface area (Å²) in [6, 6.07) is 7.55. The lowest BCUT2D eigenvalue weighted by atomic mass is 9.84. The third kappa shape index (κ3) is 5.11. The predicted molar refractivity (Wildman–Crippen MR) is 105 cm³/mol. The summed E-state index contributed by atoms with van der Waals surface area (Å²) in [7, 11) is 0. The molecule has 1 unspecified atom stereocenters. The Labute approximate surface area is 159 Å². The van der Waals surface area contributed by atoms with E-state index in [1.807, 2.05) is 30.5 Å². The van der Waals surface area contributed by atoms with E-state index in [4.69, 9.17) is 4.74 Å². The van der Waals surface area contributed by atoms with Crippen LogP contribution in [-0.4, -0.2) is 40.5 Å². The second kappa shape index (κ2) is 9.24. The first-order chi connectivity index (χ1) is 12.6. The fourth-order valence-corrected chi connectivity index (χ4v) is 4.00. The summed E-state index contributed by atoms with van der Waals surface area (Å²) in [5.41, 5.74) is 0. The van der Waals surface area contributed by atoms with Gasteiger partial charge in [-0.15, -0.1) is 0 Å². The van der Waals surface area contributed by atoms with Gasteiger partial charge in [-0.2, -0.15) is 0 Å². The van der Waals surface area contributed by atoms with Crippen molar-refractivity contribution in [2.24, 2.45) is 11.8 Å². The number of piperidine rings is 1. The number of anilines is 1. The van der Waals surface area contributed by atoms with E-state index < -0.39 is 11.2 Å². The Morgan fingerprint density at radius 1 is 1.23 bits per heavy atom. The van der Waals surface area contributed by atoms with E-state index in [1.165, 1.54) is 12.8 Å². The summed E-state index contributed by atoms with van der Waals surface area (Å²) in [5, 5.41) is 0. The van der Waals surface area contributed by atoms with Crippen molar-refractivity contribution in [2.45, 2.75) is 31.1 Å². The molecule has 1 fully saturated rings. The molecule has 2 aromatic rings. The average molecular weight is 374 g/mol. The summed E-state index contributed by atoms with van der Waals surface area (Å²) >= 11 is -0.939. The summed E-state index contributed by atoms with van der Waals surface area (Å²) in [6.45, 7) is 5.14. The topological polar surface area (TPSA) is 61.3 Å². The number of rotatable bonds is 7. The van der Waals surface area contributed by atoms with Crippen molar-refractivity contribution in [3.63, 3.8) is 0 Å². The van der Waals surface area contributed by atoms with Crippen molar-refractivity contribution in [1.82, 2.24) is 9.97 Å². The Morgan fingerprint density at radius 2 is 1.96 bits per heavy atom. The highest BCUT2D eigenvalue weighted by molar-refractivity contribution is 7.90. The minimum atomic E-state index is -0.939. The smallest absolute Gasteiger partial charge is 0.152 e. The molecule has 0 bridgehead atoms. The maximum absolute atomic E-state index is 11.4. The molecule has 0 aliphatic carbocycles. The van der Waals surface area contributed by atoms with Crippen LogP contribution in [0, 0.1) is 11.8 Å². The van der Waals surface area contributed by atoms with E-state index in [1.54, 1.807) is 18.6 Å². The minimum Gasteiger partial charge on any atom is -0.612 e. The van der Waals surface area contributed by atoms with E-state index in [2.05, 4.69) is 21.8 Å². The zero-order chi connectivity index (χ0) is 18.4. The second-order valence-corrected chi connectivity index (χ2v) is 8.31. The molecule has 5 nitrogen and oxygen atoms in total. The van der Waals surface area contributed by atoms with Crippen molar-refractivity contribution < 1.29 is 9.29 Å². The number of hydrogen-bond acceptors (Lipinski definition) is 5. The van der Waals surface area contributed by atoms with Crippen LogP contribution in [0.3, 0.4) is 0 Å². The lowest BCUT2D eigenvalue weighted by Gasteiger charge is -2.35. The summed E-state index contributed by atoms with van der Waals surface area (Å²) in [4.78, 5) is 11.7. The fourth-order valence-electron chi connectivity index (χ4n) is 3.48. The molecule has 3 rings (SSSR count). The van der Waals surface area contributed by atoms with Crippen LogP contribution in [0.4, 0.5) is 5.82 Å². The normalized spacial score (nSPS) is 17.7. The zero-order valence-electron chi connectivity index (χ0n) is 15.5. The van der Waals surface area contributed by atoms with Gasteiger partial charge in [0.25, 0.3) is 0 Å². The van der Waals surface area contributed by atoms with Crippen LogP contribution in [0.5, 0.6) is 5.75 Å². The molecule has 1 aliphatic rings. The molecule has 0 radical (unpaired) electrons. The molecule has 140 valence electrons. The minimum absolute atomic E-state index is 0.640. The maximum atomic E-state index is 11.4. The quantitative estimate of drug-likeness (QED) is 0.695. The molecule has 1 saturated heterocycles. The second-order valence-electron chi connectivity index (χ2n) is 6.93. The summed E-state index contributed by atoms with van der Waals surface area (Å²) < 4.78 is 17.3. The average Bonchev–Trinajstić information content (AvgIpc) is 2.69. The van der Waals surface area contributed by atoms with E-state index in [0.29, 0.717) is 5.92 Å². The van der Waals surface area contributed by atoms with Gasteiger partial charge in [-0.25, -0.2) is 4.98 Å². The molecule has 0 N–H and O–H groups in total. The Balaban J connectivity index is 1.39. The number of benzene rings is 1. The standard InChI is InChI=1S/C20H27N3O2S/c1-16(9-14-25-18-3-5-19(6-4-18)26(2)24)17-7-12-23(13-8-17)20-15-21-10-11-22-20/h3-6,10-11,15-17H,7-9,12-14H2,1-2H3/t16-,26?/m1/s1. The Hall–Kier alpha value is -1.79. The van der Waals surface area contributed by atoms with Crippen LogP contribution in [0.2, 0.25) is 0 Å². The SMILES string of the molecule is C[C@H](CCOc1ccc([S+](C)[O-])cc1)C1CCN(c2cnccn2)CC1. The molecule has 1 aliphatic heterocycles. The van der Waals surface area contributed by atoms with Crippen LogP contribution < -0.4 is 9.64 Å². The first-order valence-corrected chi connectivity index (χ1v) is 10.8. The van der Waals surface area contributed by atoms with Crippen LogP contribution in [0.25, 0.3) is 0 Å². The van der Waals surface area contributed by atoms with E-state index in [9.17, 15) is 4.55 Å². The van der Waals surface area contributed by atoms with Gasteiger partial charge in [0.05, 0.1) is 12.8 Å². The molecule has 0 saturated carbocycles. The lowest BCUT2D eigenvalue weighted by molar-refractivity contribution is 0.223. The zero-order valence-corrected chi connectivity index (χ0v) is 16.3. The van der Waals surface area contributed by atoms with Crippen molar-refractivity contribution in [2.75, 3.05) is 30.9 Å². The van der Waals surface area contributed by atoms with Crippen molar-refractivity contribution in [3.8, 4) is 5.75 Å². The molecule has 0 spiro atoms. The molecule has 1 aromatic carbocycles. The van der Waals surface area contributed by atoms with Crippen LogP contribution >= 0.6 is 0 Å². The lowest BCUT2D eigenvalue weighted by Crippen LogP contribution is -2.36. The molecule has 2 heterocycles. The van der Waals surface area contributed by atoms with Crippen molar-refractivity contribution in [1.29, 1.82) is 0 Å². The van der Waals surface area contributed by atoms with Gasteiger partial charge in [0.2, 0.25) is 0 Å². The van der Waals surface area contributed by atoms with E-state index in [-0.39, 0.29) is 0 Å². The van der Waals surface area contributed by atoms with E-state index >= 15 is 0 Å². The van der Waals surface area contributed by atoms with Crippen LogP contribution in [0.1, 0.15) is 26.2 Å². The third-order valence-corrected chi connectivity index (χ3v) is 6.15. The fraction of sp³-hybridized carbons (Fsp3) is 0.500. The molecule has 6 heteroatoms. The van der Waals surface area contributed by atoms with E-state index in [0.717, 1.165) is 48.5 Å². The molecule has 1 aromatic heterocycles. The van der Waals surface area contributed by atoms with Gasteiger partial charge in [0, 0.05) is 25.5 Å². The summed E-state index contributed by atoms with van der Waals surface area (Å²) in [5.74, 6) is 3.21. The first-order valence-electron chi connectivity index (χ1n) is 9.20. The highest BCUT2D eigenvalue weighted by Crippen LogP contribution is 2.29. The van der Waals surface area contributed by atoms with Crippen molar-refractivity contribution >= 4 is 17.0 Å². The highest BCUT2D eigenvalue weighted by atomic mass is 32.2. The number of hydrogen-bond donors (Lipinski definition) is 0. The molecule has 2 atom stereocenters. The van der Waals surface area contributed by atoms with Gasteiger partial charge in [-0.1, -0.05) is 6.92 Å². The van der Waals surface area contributed by atoms with Crippen LogP contribution in [0.15, 0.2) is 47.8 Å². The highest BCUT2D eigenvalue weighted by Gasteiger charge is 2.24. The predicted octanol–water partition coefficient (Wildman–Crippen LogP) is 3.54. The molecule has 0 amide bonds. The van der Waals surface area contributed by atoms with Crippen LogP contribution in [-0.2, 0) is 11.2 Å². The van der Waals surface area contributed by atoms with Gasteiger partial charge in [0.15, 0.2) is 4.90 Å². The maximum Gasteiger partial charge on any atom is 0.152 e. The monoisotopic (exact) mass is 373 g/mol. The number of nitrogens with zero attached hydrogens (tertiary/aromatic N) is 3. The van der Waals surface area contributed by atoms with Gasteiger partial charge >= 0.3 is 0 Å². The molecular weight excluding hydrogens is 346 g/mol. The van der Waals surface area contributed by atoms with Crippen molar-refractivity contribution in [3.05, 3.63) is 42.9 Å². The first kappa shape index (κ1) is 19.0. The number of ether oxygens (including phenoxy) is 1. The van der Waals surface area contributed by atoms with Gasteiger partial charge in [-0.05, 0) is 66.5 Å². The van der Waals surface area contributed by atoms with Gasteiger partial charge in [0.1, 0.15) is 17.8 Å². The van der Waals surface area contributed by atoms with Gasteiger partial charge < -0.3 is 14.2 Å². The summed E-state index contributed by atoms with van der Waals surface area (Å²) in [6.07, 6.45) is 10.4. The Bertz CT molecular complexity index is 659.